The molecule has 0 radical (unpaired) electrons. The Hall–Kier alpha value is -8.19. The number of aliphatic hydroxyl groups is 5. The Morgan fingerprint density at radius 3 is 1.50 bits per heavy atom. The number of carbonyl (C=O) groups excluding carboxylic acids is 3. The molecule has 1 saturated heterocycles. The Kier molecular flexibility index (Phi) is 24.1. The van der Waals surface area contributed by atoms with Gasteiger partial charge in [-0.25, -0.2) is 23.2 Å². The maximum absolute atomic E-state index is 15.4. The molecular formula is C63H64Cl2F11N9O9. The first-order valence-electron chi connectivity index (χ1n) is 28.9. The van der Waals surface area contributed by atoms with Crippen molar-refractivity contribution in [2.24, 2.45) is 0 Å². The second kappa shape index (κ2) is 30.9. The average Bonchev–Trinajstić information content (AvgIpc) is 0.800. The number of aliphatic hydroxyl groups excluding tert-OH is 4. The summed E-state index contributed by atoms with van der Waals surface area (Å²) in [5.41, 5.74) is -0.700. The Balaban J connectivity index is 0.000000200. The third-order valence-electron chi connectivity index (χ3n) is 15.3. The predicted octanol–water partition coefficient (Wildman–Crippen LogP) is 13.7. The monoisotopic (exact) mass is 1370 g/mol. The van der Waals surface area contributed by atoms with Gasteiger partial charge in [0.15, 0.2) is 5.67 Å². The highest BCUT2D eigenvalue weighted by atomic mass is 35.5. The van der Waals surface area contributed by atoms with E-state index in [1.54, 1.807) is 29.3 Å². The highest BCUT2D eigenvalue weighted by Crippen LogP contribution is 2.39. The van der Waals surface area contributed by atoms with E-state index in [1.165, 1.54) is 66.2 Å². The van der Waals surface area contributed by atoms with Crippen LogP contribution >= 0.6 is 23.2 Å². The number of anilines is 3. The lowest BCUT2D eigenvalue weighted by atomic mass is 9.89. The van der Waals surface area contributed by atoms with Gasteiger partial charge in [-0.05, 0) is 135 Å². The van der Waals surface area contributed by atoms with Crippen molar-refractivity contribution in [3.8, 4) is 5.75 Å². The van der Waals surface area contributed by atoms with Gasteiger partial charge in [0, 0.05) is 104 Å². The summed E-state index contributed by atoms with van der Waals surface area (Å²) in [6, 6.07) is 14.9. The van der Waals surface area contributed by atoms with Crippen molar-refractivity contribution in [2.75, 3.05) is 68.4 Å². The minimum Gasteiger partial charge on any atom is -0.406 e. The number of urea groups is 3. The molecule has 3 aromatic heterocycles. The Labute approximate surface area is 541 Å². The minimum atomic E-state index is -4.84. The lowest BCUT2D eigenvalue weighted by Crippen LogP contribution is -2.45. The van der Waals surface area contributed by atoms with Gasteiger partial charge in [0.2, 0.25) is 0 Å². The number of nitrogens with zero attached hydrogens (tertiary/aromatic N) is 6. The fourth-order valence-electron chi connectivity index (χ4n) is 9.73. The van der Waals surface area contributed by atoms with Gasteiger partial charge in [0.25, 0.3) is 0 Å². The molecule has 6 amide bonds. The molecule has 506 valence electrons. The molecule has 0 saturated carbocycles. The molecule has 0 aliphatic carbocycles. The maximum atomic E-state index is 15.4. The summed E-state index contributed by atoms with van der Waals surface area (Å²) in [6.45, 7) is 4.85. The van der Waals surface area contributed by atoms with Crippen molar-refractivity contribution in [1.82, 2.24) is 29.7 Å². The molecule has 0 bridgehead atoms. The summed E-state index contributed by atoms with van der Waals surface area (Å²) in [4.78, 5) is 54.1. The maximum Gasteiger partial charge on any atom is 0.573 e. The second-order valence-corrected chi connectivity index (χ2v) is 22.9. The largest absolute Gasteiger partial charge is 0.573 e. The molecule has 0 unspecified atom stereocenters. The van der Waals surface area contributed by atoms with Crippen LogP contribution in [-0.2, 0) is 23.6 Å². The van der Waals surface area contributed by atoms with Crippen molar-refractivity contribution < 1.29 is 92.9 Å². The molecule has 0 spiro atoms. The van der Waals surface area contributed by atoms with Crippen LogP contribution in [0, 0.1) is 12.7 Å². The van der Waals surface area contributed by atoms with E-state index in [9.17, 15) is 78.7 Å². The van der Waals surface area contributed by atoms with E-state index in [1.807, 2.05) is 13.0 Å². The molecule has 8 N–H and O–H groups in total. The van der Waals surface area contributed by atoms with Crippen LogP contribution in [0.2, 0.25) is 10.0 Å². The Morgan fingerprint density at radius 2 is 1.09 bits per heavy atom. The summed E-state index contributed by atoms with van der Waals surface area (Å²) in [5.74, 6) is -1.36. The van der Waals surface area contributed by atoms with Gasteiger partial charge >= 0.3 is 36.8 Å². The number of hydrogen-bond donors (Lipinski definition) is 8. The number of nitrogens with one attached hydrogen (secondary N) is 3. The Bertz CT molecular complexity index is 3700. The number of aryl methyl sites for hydroxylation is 1. The van der Waals surface area contributed by atoms with Crippen LogP contribution in [-0.4, -0.2) is 132 Å². The molecule has 18 nitrogen and oxygen atoms in total. The van der Waals surface area contributed by atoms with Crippen molar-refractivity contribution in [3.05, 3.63) is 182 Å². The number of likely N-dealkylation sites (tertiary alicyclic amines) is 1. The van der Waals surface area contributed by atoms with E-state index in [2.05, 4.69) is 35.6 Å². The van der Waals surface area contributed by atoms with Crippen LogP contribution in [0.5, 0.6) is 5.75 Å². The summed E-state index contributed by atoms with van der Waals surface area (Å²) < 4.78 is 147. The minimum absolute atomic E-state index is 0.0149. The third-order valence-corrected chi connectivity index (χ3v) is 15.8. The van der Waals surface area contributed by atoms with Crippen molar-refractivity contribution >= 4 is 69.5 Å². The Morgan fingerprint density at radius 1 is 0.628 bits per heavy atom. The fraction of sp³-hybridized carbons (Fsp3) is 0.365. The number of ether oxygens (including phenoxy) is 1. The number of piperidine rings is 1. The van der Waals surface area contributed by atoms with Gasteiger partial charge in [-0.3, -0.25) is 15.0 Å². The fourth-order valence-corrected chi connectivity index (χ4v) is 10.3. The number of hydrogen-bond acceptors (Lipinski definition) is 12. The standard InChI is InChI=1S/C21H21ClF3N3O3.C21H21ClF3N3O2.C21H22F5N3O4/c1-20(31,12-29)15-10-17(22)18(26-11-15)13-6-8-28(9-7-13)19(30)27-16-4-2-14(3-5-16)21(23,24)25;1-2-18(29)14-11-17(22)19(26-12-14)13-7-9-28(10-8-13)20(30)27-16-5-3-15(4-6-16)21(23,24)25;1-12-8-14(2-3-17(12)33-21(24,25)26)28-19(32)29-6-4-20(23,5-7-29)18-15(22)9-13(10-27-18)16(31)11-30/h2-6,10-11,29,31H,7-9,12H2,1H3,(H,27,30);3-7,11-12,18,29H,2,8-10H2,1H3,(H,27,30);2-3,8-10,16,30-31H,4-7,11H2,1H3,(H,28,32)/t20-;18-;16-/m000/s1. The van der Waals surface area contributed by atoms with Gasteiger partial charge in [0.05, 0.1) is 51.9 Å². The SMILES string of the molecule is CC[C@H](O)c1cnc(C2=CCN(C(=O)Nc3ccc(C(F)(F)F)cc3)CC2)c(Cl)c1.C[C@](O)(CO)c1cnc(C2=CCN(C(=O)Nc3ccc(C(F)(F)F)cc3)CC2)c(Cl)c1.Cc1cc(NC(=O)N2CCC(F)(c3ncc([C@@H](O)CO)cc3F)CC2)ccc1OC(F)(F)F. The lowest BCUT2D eigenvalue weighted by Gasteiger charge is -2.36. The quantitative estimate of drug-likeness (QED) is 0.0503. The van der Waals surface area contributed by atoms with Gasteiger partial charge in [0.1, 0.15) is 29.0 Å². The molecule has 1 fully saturated rings. The number of benzene rings is 3. The lowest BCUT2D eigenvalue weighted by molar-refractivity contribution is -0.274. The molecule has 3 aliphatic heterocycles. The second-order valence-electron chi connectivity index (χ2n) is 22.1. The summed E-state index contributed by atoms with van der Waals surface area (Å²) in [6.07, 6.45) is -6.76. The molecule has 3 aliphatic rings. The van der Waals surface area contributed by atoms with E-state index in [0.717, 1.165) is 53.7 Å². The predicted molar refractivity (Wildman–Crippen MR) is 326 cm³/mol. The van der Waals surface area contributed by atoms with Gasteiger partial charge in [-0.2, -0.15) is 26.3 Å². The molecule has 6 aromatic rings. The van der Waals surface area contributed by atoms with E-state index in [0.29, 0.717) is 71.5 Å². The van der Waals surface area contributed by atoms with Gasteiger partial charge < -0.3 is 60.9 Å². The van der Waals surface area contributed by atoms with Crippen LogP contribution < -0.4 is 20.7 Å². The topological polar surface area (TPSA) is 246 Å². The number of halogens is 13. The third kappa shape index (κ3) is 19.5. The molecule has 3 aromatic carbocycles. The van der Waals surface area contributed by atoms with Crippen molar-refractivity contribution in [1.29, 1.82) is 0 Å². The molecule has 31 heteroatoms. The molecule has 94 heavy (non-hydrogen) atoms. The summed E-state index contributed by atoms with van der Waals surface area (Å²) in [5, 5.41) is 56.3. The zero-order valence-electron chi connectivity index (χ0n) is 50.3. The molecule has 9 rings (SSSR count). The first kappa shape index (κ1) is 73.2. The number of amides is 6. The normalized spacial score (nSPS) is 16.3. The zero-order valence-corrected chi connectivity index (χ0v) is 51.8. The average molecular weight is 1370 g/mol. The molecule has 6 heterocycles. The smallest absolute Gasteiger partial charge is 0.406 e. The number of rotatable bonds is 13. The van der Waals surface area contributed by atoms with Crippen LogP contribution in [0.4, 0.5) is 79.7 Å². The zero-order chi connectivity index (χ0) is 69.1. The van der Waals surface area contributed by atoms with Crippen molar-refractivity contribution in [2.45, 2.75) is 95.1 Å². The van der Waals surface area contributed by atoms with Crippen LogP contribution in [0.1, 0.15) is 109 Å². The van der Waals surface area contributed by atoms with E-state index in [4.69, 9.17) is 28.3 Å². The van der Waals surface area contributed by atoms with Crippen LogP contribution in [0.15, 0.2) is 116 Å². The summed E-state index contributed by atoms with van der Waals surface area (Å²) in [7, 11) is 0. The molecule has 3 atom stereocenters. The number of aromatic nitrogens is 3. The summed E-state index contributed by atoms with van der Waals surface area (Å²) >= 11 is 12.6. The molecular weight excluding hydrogens is 1310 g/mol. The highest BCUT2D eigenvalue weighted by molar-refractivity contribution is 6.32. The first-order chi connectivity index (χ1) is 44.1. The van der Waals surface area contributed by atoms with Crippen molar-refractivity contribution in [3.63, 3.8) is 0 Å². The van der Waals surface area contributed by atoms with E-state index < -0.39 is 102 Å². The highest BCUT2D eigenvalue weighted by Gasteiger charge is 2.42. The first-order valence-corrected chi connectivity index (χ1v) is 29.6. The number of alkyl halides is 10. The van der Waals surface area contributed by atoms with Gasteiger partial charge in [-0.15, -0.1) is 13.2 Å². The van der Waals surface area contributed by atoms with Gasteiger partial charge in [-0.1, -0.05) is 42.3 Å². The van der Waals surface area contributed by atoms with E-state index in [-0.39, 0.29) is 60.7 Å². The van der Waals surface area contributed by atoms with E-state index >= 15 is 4.39 Å². The van der Waals surface area contributed by atoms with Crippen LogP contribution in [0.3, 0.4) is 0 Å². The number of pyridine rings is 3. The number of carbonyl (C=O) groups is 3. The van der Waals surface area contributed by atoms with Crippen LogP contribution in [0.25, 0.3) is 11.1 Å².